The molecule has 1 aromatic rings. The van der Waals surface area contributed by atoms with Gasteiger partial charge in [0, 0.05) is 40.3 Å². The van der Waals surface area contributed by atoms with E-state index in [-0.39, 0.29) is 24.0 Å². The molecule has 1 fully saturated rings. The van der Waals surface area contributed by atoms with Crippen LogP contribution in [-0.2, 0) is 16.6 Å². The predicted octanol–water partition coefficient (Wildman–Crippen LogP) is 3.06. The molecule has 6 nitrogen and oxygen atoms in total. The van der Waals surface area contributed by atoms with Gasteiger partial charge in [0.2, 0.25) is 10.0 Å². The molecule has 0 aromatic heterocycles. The number of rotatable bonds is 8. The fourth-order valence-electron chi connectivity index (χ4n) is 3.00. The van der Waals surface area contributed by atoms with Gasteiger partial charge >= 0.3 is 0 Å². The smallest absolute Gasteiger partial charge is 0.243 e. The monoisotopic (exact) mass is 506 g/mol. The number of allylic oxidation sites excluding steroid dienone is 1. The molecule has 2 rings (SSSR count). The number of benzene rings is 1. The van der Waals surface area contributed by atoms with Crippen molar-refractivity contribution in [2.45, 2.75) is 37.1 Å². The maximum atomic E-state index is 12.6. The lowest BCUT2D eigenvalue weighted by Gasteiger charge is -2.22. The van der Waals surface area contributed by atoms with Crippen LogP contribution in [0.15, 0.2) is 46.8 Å². The molecule has 0 aliphatic carbocycles. The third-order valence-corrected chi connectivity index (χ3v) is 6.46. The summed E-state index contributed by atoms with van der Waals surface area (Å²) >= 11 is 0. The first-order valence-corrected chi connectivity index (χ1v) is 10.5. The maximum absolute atomic E-state index is 12.6. The number of hydrogen-bond acceptors (Lipinski definition) is 3. The second-order valence-corrected chi connectivity index (χ2v) is 8.45. The van der Waals surface area contributed by atoms with Crippen molar-refractivity contribution in [3.63, 3.8) is 0 Å². The summed E-state index contributed by atoms with van der Waals surface area (Å²) in [6.07, 6.45) is 5.82. The van der Waals surface area contributed by atoms with Crippen LogP contribution >= 0.6 is 24.0 Å². The molecule has 0 bridgehead atoms. The Morgan fingerprint density at radius 2 is 1.93 bits per heavy atom. The molecule has 0 saturated carbocycles. The first-order valence-electron chi connectivity index (χ1n) is 9.11. The van der Waals surface area contributed by atoms with E-state index < -0.39 is 10.0 Å². The van der Waals surface area contributed by atoms with E-state index in [4.69, 9.17) is 0 Å². The highest BCUT2D eigenvalue weighted by molar-refractivity contribution is 14.0. The molecule has 1 aromatic carbocycles. The zero-order valence-electron chi connectivity index (χ0n) is 16.2. The van der Waals surface area contributed by atoms with Gasteiger partial charge in [-0.25, -0.2) is 8.42 Å². The quantitative estimate of drug-likeness (QED) is 0.194. The molecule has 27 heavy (non-hydrogen) atoms. The minimum atomic E-state index is -3.34. The van der Waals surface area contributed by atoms with Crippen molar-refractivity contribution in [3.8, 4) is 0 Å². The summed E-state index contributed by atoms with van der Waals surface area (Å²) in [6.45, 7) is 6.49. The molecule has 152 valence electrons. The van der Waals surface area contributed by atoms with Crippen LogP contribution < -0.4 is 5.32 Å². The van der Waals surface area contributed by atoms with Gasteiger partial charge in [0.1, 0.15) is 0 Å². The summed E-state index contributed by atoms with van der Waals surface area (Å²) in [6, 6.07) is 7.12. The lowest BCUT2D eigenvalue weighted by atomic mass is 10.2. The van der Waals surface area contributed by atoms with Gasteiger partial charge in [-0.3, -0.25) is 4.99 Å². The van der Waals surface area contributed by atoms with Crippen molar-refractivity contribution < 1.29 is 8.42 Å². The topological polar surface area (TPSA) is 65.0 Å². The molecule has 0 spiro atoms. The Morgan fingerprint density at radius 3 is 2.48 bits per heavy atom. The number of halogens is 1. The van der Waals surface area contributed by atoms with E-state index in [1.165, 1.54) is 0 Å². The minimum Gasteiger partial charge on any atom is -0.352 e. The molecule has 1 saturated heterocycles. The molecule has 1 heterocycles. The summed E-state index contributed by atoms with van der Waals surface area (Å²) in [5.74, 6) is 0.822. The first kappa shape index (κ1) is 23.9. The minimum absolute atomic E-state index is 0. The van der Waals surface area contributed by atoms with Crippen LogP contribution in [0.3, 0.4) is 0 Å². The predicted molar refractivity (Wildman–Crippen MR) is 122 cm³/mol. The van der Waals surface area contributed by atoms with E-state index in [0.717, 1.165) is 43.8 Å². The van der Waals surface area contributed by atoms with Gasteiger partial charge in [-0.15, -0.1) is 30.6 Å². The van der Waals surface area contributed by atoms with E-state index in [9.17, 15) is 8.42 Å². The molecule has 0 unspecified atom stereocenters. The Labute approximate surface area is 180 Å². The zero-order chi connectivity index (χ0) is 19.0. The summed E-state index contributed by atoms with van der Waals surface area (Å²) in [5, 5.41) is 3.32. The fraction of sp³-hybridized carbons (Fsp3) is 0.526. The van der Waals surface area contributed by atoms with Gasteiger partial charge in [0.25, 0.3) is 0 Å². The fourth-order valence-corrected chi connectivity index (χ4v) is 4.52. The Balaban J connectivity index is 0.00000364. The summed E-state index contributed by atoms with van der Waals surface area (Å²) < 4.78 is 26.7. The van der Waals surface area contributed by atoms with E-state index >= 15 is 0 Å². The van der Waals surface area contributed by atoms with Crippen LogP contribution in [0.1, 0.15) is 31.2 Å². The van der Waals surface area contributed by atoms with Crippen LogP contribution in [0.5, 0.6) is 0 Å². The van der Waals surface area contributed by atoms with E-state index in [2.05, 4.69) is 21.8 Å². The number of nitrogens with zero attached hydrogens (tertiary/aromatic N) is 3. The van der Waals surface area contributed by atoms with E-state index in [1.54, 1.807) is 23.5 Å². The van der Waals surface area contributed by atoms with Crippen LogP contribution in [0, 0.1) is 0 Å². The molecular weight excluding hydrogens is 475 g/mol. The van der Waals surface area contributed by atoms with Crippen molar-refractivity contribution in [1.29, 1.82) is 0 Å². The number of hydrogen-bond donors (Lipinski definition) is 1. The van der Waals surface area contributed by atoms with Gasteiger partial charge in [-0.05, 0) is 43.4 Å². The largest absolute Gasteiger partial charge is 0.352 e. The Bertz CT molecular complexity index is 714. The maximum Gasteiger partial charge on any atom is 0.243 e. The van der Waals surface area contributed by atoms with Crippen LogP contribution in [0.4, 0.5) is 0 Å². The highest BCUT2D eigenvalue weighted by Crippen LogP contribution is 2.21. The normalized spacial score (nSPS) is 15.3. The Morgan fingerprint density at radius 1 is 1.30 bits per heavy atom. The number of guanidine groups is 1. The van der Waals surface area contributed by atoms with Crippen molar-refractivity contribution >= 4 is 40.0 Å². The molecule has 1 aliphatic heterocycles. The number of nitrogens with one attached hydrogen (secondary N) is 1. The van der Waals surface area contributed by atoms with E-state index in [1.807, 2.05) is 25.3 Å². The van der Waals surface area contributed by atoms with Gasteiger partial charge in [-0.2, -0.15) is 4.31 Å². The van der Waals surface area contributed by atoms with Crippen molar-refractivity contribution in [3.05, 3.63) is 42.5 Å². The third-order valence-electron chi connectivity index (χ3n) is 4.55. The molecule has 0 radical (unpaired) electrons. The number of aliphatic imine (C=N–C) groups is 1. The summed E-state index contributed by atoms with van der Waals surface area (Å²) in [5.41, 5.74) is 1.02. The van der Waals surface area contributed by atoms with Gasteiger partial charge in [0.15, 0.2) is 5.96 Å². The highest BCUT2D eigenvalue weighted by Gasteiger charge is 2.26. The van der Waals surface area contributed by atoms with Gasteiger partial charge in [0.05, 0.1) is 4.90 Å². The van der Waals surface area contributed by atoms with Crippen LogP contribution in [0.2, 0.25) is 0 Å². The average Bonchev–Trinajstić information content (AvgIpc) is 3.18. The SMILES string of the molecule is C=CCCCN(C)C(=NC)NCc1ccc(S(=O)(=O)N2CCCC2)cc1.I. The first-order chi connectivity index (χ1) is 12.5. The average molecular weight is 506 g/mol. The van der Waals surface area contributed by atoms with Crippen LogP contribution in [0.25, 0.3) is 0 Å². The molecule has 0 atom stereocenters. The standard InChI is InChI=1S/C19H30N4O2S.HI/c1-4-5-6-13-22(3)19(20-2)21-16-17-9-11-18(12-10-17)26(24,25)23-14-7-8-15-23;/h4,9-12H,1,5-8,13-16H2,2-3H3,(H,20,21);1H. The second kappa shape index (κ2) is 11.7. The van der Waals surface area contributed by atoms with Crippen molar-refractivity contribution in [2.24, 2.45) is 4.99 Å². The summed E-state index contributed by atoms with van der Waals surface area (Å²) in [4.78, 5) is 6.74. The molecular formula is C19H31IN4O2S. The Kier molecular flexibility index (Phi) is 10.3. The summed E-state index contributed by atoms with van der Waals surface area (Å²) in [7, 11) is 0.421. The lowest BCUT2D eigenvalue weighted by molar-refractivity contribution is 0.469. The third kappa shape index (κ3) is 6.76. The van der Waals surface area contributed by atoms with Crippen molar-refractivity contribution in [2.75, 3.05) is 33.7 Å². The number of sulfonamides is 1. The molecule has 8 heteroatoms. The molecule has 0 amide bonds. The van der Waals surface area contributed by atoms with E-state index in [0.29, 0.717) is 24.5 Å². The second-order valence-electron chi connectivity index (χ2n) is 6.51. The molecule has 1 N–H and O–H groups in total. The highest BCUT2D eigenvalue weighted by atomic mass is 127. The Hall–Kier alpha value is -1.13. The zero-order valence-corrected chi connectivity index (χ0v) is 19.4. The van der Waals surface area contributed by atoms with Gasteiger partial charge < -0.3 is 10.2 Å². The van der Waals surface area contributed by atoms with Crippen molar-refractivity contribution in [1.82, 2.24) is 14.5 Å². The lowest BCUT2D eigenvalue weighted by Crippen LogP contribution is -2.38. The molecule has 1 aliphatic rings. The number of unbranched alkanes of at least 4 members (excludes halogenated alkanes) is 1. The van der Waals surface area contributed by atoms with Gasteiger partial charge in [-0.1, -0.05) is 18.2 Å². The van der Waals surface area contributed by atoms with Crippen LogP contribution in [-0.4, -0.2) is 57.3 Å².